The first-order valence-corrected chi connectivity index (χ1v) is 11.1. The highest BCUT2D eigenvalue weighted by Crippen LogP contribution is 2.34. The molecule has 34 heavy (non-hydrogen) atoms. The number of para-hydroxylation sites is 1. The van der Waals surface area contributed by atoms with Crippen LogP contribution in [0.3, 0.4) is 0 Å². The lowest BCUT2D eigenvalue weighted by molar-refractivity contribution is -0.115. The highest BCUT2D eigenvalue weighted by Gasteiger charge is 2.23. The van der Waals surface area contributed by atoms with Crippen molar-refractivity contribution in [3.63, 3.8) is 0 Å². The zero-order valence-electron chi connectivity index (χ0n) is 17.7. The lowest BCUT2D eigenvalue weighted by Crippen LogP contribution is -2.26. The molecular weight excluding hydrogens is 464 g/mol. The molecule has 1 aliphatic rings. The monoisotopic (exact) mass is 481 g/mol. The van der Waals surface area contributed by atoms with E-state index in [0.29, 0.717) is 28.8 Å². The normalized spacial score (nSPS) is 13.1. The molecule has 10 heteroatoms. The van der Waals surface area contributed by atoms with Gasteiger partial charge in [-0.25, -0.2) is 13.8 Å². The summed E-state index contributed by atoms with van der Waals surface area (Å²) in [4.78, 5) is 30.6. The summed E-state index contributed by atoms with van der Waals surface area (Å²) in [6.07, 6.45) is 0. The first kappa shape index (κ1) is 21.9. The van der Waals surface area contributed by atoms with Crippen LogP contribution in [0.15, 0.2) is 70.6 Å². The lowest BCUT2D eigenvalue weighted by Gasteiger charge is -2.17. The van der Waals surface area contributed by atoms with Crippen molar-refractivity contribution in [1.82, 2.24) is 9.55 Å². The van der Waals surface area contributed by atoms with Crippen molar-refractivity contribution < 1.29 is 23.0 Å². The van der Waals surface area contributed by atoms with Gasteiger partial charge in [-0.1, -0.05) is 23.9 Å². The average molecular weight is 481 g/mol. The van der Waals surface area contributed by atoms with Gasteiger partial charge in [-0.3, -0.25) is 14.2 Å². The van der Waals surface area contributed by atoms with E-state index < -0.39 is 22.4 Å². The Morgan fingerprint density at radius 2 is 1.88 bits per heavy atom. The van der Waals surface area contributed by atoms with Gasteiger partial charge < -0.3 is 14.8 Å². The van der Waals surface area contributed by atoms with Crippen LogP contribution >= 0.6 is 11.8 Å². The Kier molecular flexibility index (Phi) is 5.66. The van der Waals surface area contributed by atoms with E-state index in [0.717, 1.165) is 22.4 Å². The minimum absolute atomic E-state index is 0.0996. The van der Waals surface area contributed by atoms with Crippen molar-refractivity contribution in [3.05, 3.63) is 82.7 Å². The van der Waals surface area contributed by atoms with E-state index in [2.05, 4.69) is 10.3 Å². The molecule has 172 valence electrons. The number of nitrogens with zero attached hydrogens (tertiary/aromatic N) is 2. The van der Waals surface area contributed by atoms with Crippen LogP contribution in [0, 0.1) is 11.6 Å². The van der Waals surface area contributed by atoms with E-state index in [1.807, 2.05) is 0 Å². The highest BCUT2D eigenvalue weighted by atomic mass is 32.2. The molecule has 0 fully saturated rings. The number of amides is 1. The van der Waals surface area contributed by atoms with Gasteiger partial charge in [0.05, 0.1) is 21.8 Å². The molecule has 0 saturated carbocycles. The van der Waals surface area contributed by atoms with Crippen LogP contribution in [0.5, 0.6) is 11.5 Å². The van der Waals surface area contributed by atoms with Crippen molar-refractivity contribution in [3.8, 4) is 17.2 Å². The van der Waals surface area contributed by atoms with Crippen LogP contribution in [-0.4, -0.2) is 27.5 Å². The zero-order chi connectivity index (χ0) is 23.8. The van der Waals surface area contributed by atoms with Crippen LogP contribution in [0.2, 0.25) is 0 Å². The Balaban J connectivity index is 1.50. The summed E-state index contributed by atoms with van der Waals surface area (Å²) in [5.74, 6) is -0.939. The number of nitrogens with one attached hydrogen (secondary N) is 1. The topological polar surface area (TPSA) is 82.5 Å². The quantitative estimate of drug-likeness (QED) is 0.334. The lowest BCUT2D eigenvalue weighted by atomic mass is 10.2. The van der Waals surface area contributed by atoms with E-state index in [4.69, 9.17) is 9.47 Å². The maximum absolute atomic E-state index is 14.7. The summed E-state index contributed by atoms with van der Waals surface area (Å²) in [6, 6.07) is 14.6. The van der Waals surface area contributed by atoms with E-state index in [1.165, 1.54) is 6.07 Å². The van der Waals surface area contributed by atoms with Crippen molar-refractivity contribution in [2.75, 3.05) is 12.1 Å². The molecule has 1 atom stereocenters. The number of thioether (sulfide) groups is 1. The van der Waals surface area contributed by atoms with Gasteiger partial charge in [0.2, 0.25) is 12.7 Å². The fraction of sp³-hybridized carbons (Fsp3) is 0.125. The number of hydrogen-bond acceptors (Lipinski definition) is 6. The van der Waals surface area contributed by atoms with Gasteiger partial charge in [0.15, 0.2) is 16.7 Å². The Morgan fingerprint density at radius 3 is 2.71 bits per heavy atom. The molecule has 1 aromatic heterocycles. The molecular formula is C24H17F2N3O4S. The minimum atomic E-state index is -0.918. The fourth-order valence-corrected chi connectivity index (χ4v) is 4.42. The highest BCUT2D eigenvalue weighted by molar-refractivity contribution is 8.00. The predicted octanol–water partition coefficient (Wildman–Crippen LogP) is 4.51. The Bertz CT molecular complexity index is 1490. The van der Waals surface area contributed by atoms with E-state index >= 15 is 0 Å². The Hall–Kier alpha value is -3.92. The average Bonchev–Trinajstić information content (AvgIpc) is 3.28. The van der Waals surface area contributed by atoms with Gasteiger partial charge in [-0.15, -0.1) is 0 Å². The summed E-state index contributed by atoms with van der Waals surface area (Å²) in [7, 11) is 0. The van der Waals surface area contributed by atoms with Crippen LogP contribution in [0.4, 0.5) is 14.5 Å². The number of fused-ring (bicyclic) bond motifs is 2. The molecule has 0 unspecified atom stereocenters. The van der Waals surface area contributed by atoms with Gasteiger partial charge in [0.1, 0.15) is 11.6 Å². The van der Waals surface area contributed by atoms with Crippen molar-refractivity contribution >= 4 is 34.3 Å². The molecule has 7 nitrogen and oxygen atoms in total. The van der Waals surface area contributed by atoms with Gasteiger partial charge in [0.25, 0.3) is 5.56 Å². The maximum atomic E-state index is 14.7. The minimum Gasteiger partial charge on any atom is -0.454 e. The number of hydrogen-bond donors (Lipinski definition) is 1. The number of aromatic nitrogens is 2. The molecule has 0 bridgehead atoms. The summed E-state index contributed by atoms with van der Waals surface area (Å²) in [5.41, 5.74) is 0.227. The molecule has 0 radical (unpaired) electrons. The molecule has 1 amide bonds. The molecule has 0 spiro atoms. The SMILES string of the molecule is C[C@@H](Sc1nc2ccccc2c(=O)n1-c1ccc(F)cc1F)C(=O)Nc1ccc2c(c1)OCO2. The first-order chi connectivity index (χ1) is 16.4. The fourth-order valence-electron chi connectivity index (χ4n) is 3.50. The maximum Gasteiger partial charge on any atom is 0.266 e. The van der Waals surface area contributed by atoms with Crippen molar-refractivity contribution in [1.29, 1.82) is 0 Å². The number of ether oxygens (including phenoxy) is 2. The number of anilines is 1. The third-order valence-electron chi connectivity index (χ3n) is 5.19. The Morgan fingerprint density at radius 1 is 1.09 bits per heavy atom. The molecule has 5 rings (SSSR count). The van der Waals surface area contributed by atoms with Crippen LogP contribution < -0.4 is 20.3 Å². The van der Waals surface area contributed by atoms with Gasteiger partial charge >= 0.3 is 0 Å². The van der Waals surface area contributed by atoms with Gasteiger partial charge in [0, 0.05) is 17.8 Å². The number of carbonyl (C=O) groups excluding carboxylic acids is 1. The molecule has 1 aliphatic heterocycles. The molecule has 2 heterocycles. The number of rotatable bonds is 5. The summed E-state index contributed by atoms with van der Waals surface area (Å²) in [6.45, 7) is 1.75. The Labute approximate surface area is 196 Å². The number of benzene rings is 3. The van der Waals surface area contributed by atoms with Crippen LogP contribution in [-0.2, 0) is 4.79 Å². The van der Waals surface area contributed by atoms with E-state index in [-0.39, 0.29) is 28.9 Å². The van der Waals surface area contributed by atoms with Crippen molar-refractivity contribution in [2.24, 2.45) is 0 Å². The molecule has 1 N–H and O–H groups in total. The number of halogens is 2. The second-order valence-corrected chi connectivity index (χ2v) is 8.77. The van der Waals surface area contributed by atoms with Crippen LogP contribution in [0.25, 0.3) is 16.6 Å². The molecule has 0 saturated heterocycles. The first-order valence-electron chi connectivity index (χ1n) is 10.2. The number of carbonyl (C=O) groups is 1. The summed E-state index contributed by atoms with van der Waals surface area (Å²) in [5, 5.41) is 2.44. The standard InChI is InChI=1S/C24H17F2N3O4S/c1-13(22(30)27-15-7-9-20-21(11-15)33-12-32-20)34-24-28-18-5-3-2-4-16(18)23(31)29(24)19-8-6-14(25)10-17(19)26/h2-11,13H,12H2,1H3,(H,27,30)/t13-/m1/s1. The summed E-state index contributed by atoms with van der Waals surface area (Å²) >= 11 is 0.983. The smallest absolute Gasteiger partial charge is 0.266 e. The largest absolute Gasteiger partial charge is 0.454 e. The van der Waals surface area contributed by atoms with E-state index in [9.17, 15) is 18.4 Å². The van der Waals surface area contributed by atoms with E-state index in [1.54, 1.807) is 49.4 Å². The van der Waals surface area contributed by atoms with Gasteiger partial charge in [-0.05, 0) is 43.3 Å². The third-order valence-corrected chi connectivity index (χ3v) is 6.24. The predicted molar refractivity (Wildman–Crippen MR) is 124 cm³/mol. The zero-order valence-corrected chi connectivity index (χ0v) is 18.6. The third kappa shape index (κ3) is 4.08. The molecule has 3 aromatic carbocycles. The van der Waals surface area contributed by atoms with Crippen molar-refractivity contribution in [2.45, 2.75) is 17.3 Å². The second-order valence-electron chi connectivity index (χ2n) is 7.47. The van der Waals surface area contributed by atoms with Crippen LogP contribution in [0.1, 0.15) is 6.92 Å². The summed E-state index contributed by atoms with van der Waals surface area (Å²) < 4.78 is 39.8. The molecule has 4 aromatic rings. The van der Waals surface area contributed by atoms with Gasteiger partial charge in [-0.2, -0.15) is 0 Å². The second kappa shape index (κ2) is 8.79. The molecule has 0 aliphatic carbocycles.